The largest absolute Gasteiger partial charge is 0.368 e. The van der Waals surface area contributed by atoms with E-state index in [0.29, 0.717) is 6.54 Å². The molecule has 0 aliphatic heterocycles. The van der Waals surface area contributed by atoms with Gasteiger partial charge in [-0.1, -0.05) is 42.5 Å². The van der Waals surface area contributed by atoms with Crippen molar-refractivity contribution in [2.75, 3.05) is 11.9 Å². The molecule has 5 heteroatoms. The van der Waals surface area contributed by atoms with Crippen LogP contribution in [0.1, 0.15) is 5.56 Å². The van der Waals surface area contributed by atoms with E-state index in [2.05, 4.69) is 22.4 Å². The molecule has 2 aromatic heterocycles. The molecule has 2 aromatic carbocycles. The summed E-state index contributed by atoms with van der Waals surface area (Å²) in [4.78, 5) is 8.90. The zero-order valence-corrected chi connectivity index (χ0v) is 16.5. The zero-order valence-electron chi connectivity index (χ0n) is 16.5. The summed E-state index contributed by atoms with van der Waals surface area (Å²) in [5, 5.41) is 3.34. The van der Waals surface area contributed by atoms with Gasteiger partial charge in [0.25, 0.3) is 0 Å². The summed E-state index contributed by atoms with van der Waals surface area (Å²) in [7, 11) is 0. The Morgan fingerprint density at radius 2 is 1.67 bits per heavy atom. The Kier molecular flexibility index (Phi) is 6.11. The highest BCUT2D eigenvalue weighted by Crippen LogP contribution is 2.31. The summed E-state index contributed by atoms with van der Waals surface area (Å²) in [6.45, 7) is 0.594. The van der Waals surface area contributed by atoms with Crippen molar-refractivity contribution in [2.24, 2.45) is 5.73 Å². The molecule has 1 atom stereocenters. The molecule has 150 valence electrons. The van der Waals surface area contributed by atoms with Crippen LogP contribution in [0.15, 0.2) is 91.3 Å². The van der Waals surface area contributed by atoms with Gasteiger partial charge < -0.3 is 11.1 Å². The third-order valence-corrected chi connectivity index (χ3v) is 4.87. The van der Waals surface area contributed by atoms with Crippen molar-refractivity contribution in [1.29, 1.82) is 0 Å². The van der Waals surface area contributed by atoms with Crippen LogP contribution in [0.2, 0.25) is 0 Å². The Labute approximate surface area is 175 Å². The second-order valence-electron chi connectivity index (χ2n) is 7.17. The van der Waals surface area contributed by atoms with Crippen LogP contribution in [0.5, 0.6) is 0 Å². The molecule has 4 aromatic rings. The van der Waals surface area contributed by atoms with Gasteiger partial charge in [0, 0.05) is 36.1 Å². The Hall–Kier alpha value is -3.57. The number of hydrogen-bond acceptors (Lipinski definition) is 4. The lowest BCUT2D eigenvalue weighted by Gasteiger charge is -2.16. The minimum absolute atomic E-state index is 0.0403. The Balaban J connectivity index is 1.58. The van der Waals surface area contributed by atoms with E-state index >= 15 is 0 Å². The van der Waals surface area contributed by atoms with E-state index in [9.17, 15) is 4.39 Å². The summed E-state index contributed by atoms with van der Waals surface area (Å²) in [6.07, 6.45) is 4.23. The van der Waals surface area contributed by atoms with Crippen molar-refractivity contribution in [2.45, 2.75) is 12.5 Å². The maximum Gasteiger partial charge on any atom is 0.126 e. The molecule has 0 bridgehead atoms. The van der Waals surface area contributed by atoms with Crippen LogP contribution in [0.4, 0.5) is 10.2 Å². The highest BCUT2D eigenvalue weighted by molar-refractivity contribution is 5.81. The number of rotatable bonds is 7. The standard InChI is InChI=1S/C25H23FN4/c26-21-8-4-7-20(16-21)23-9-10-24(30-25(23)19-11-13-28-14-12-19)29-17-22(27)15-18-5-2-1-3-6-18/h1-14,16,22H,15,17,27H2,(H,29,30)/t22-/m1/s1. The van der Waals surface area contributed by atoms with Gasteiger partial charge in [0.1, 0.15) is 11.6 Å². The molecule has 0 radical (unpaired) electrons. The number of halogens is 1. The maximum absolute atomic E-state index is 13.8. The molecule has 0 unspecified atom stereocenters. The fourth-order valence-electron chi connectivity index (χ4n) is 3.40. The van der Waals surface area contributed by atoms with E-state index < -0.39 is 0 Å². The minimum Gasteiger partial charge on any atom is -0.368 e. The lowest BCUT2D eigenvalue weighted by atomic mass is 10.00. The van der Waals surface area contributed by atoms with E-state index in [0.717, 1.165) is 34.6 Å². The molecule has 4 nitrogen and oxygen atoms in total. The summed E-state index contributed by atoms with van der Waals surface area (Å²) >= 11 is 0. The van der Waals surface area contributed by atoms with Gasteiger partial charge in [-0.3, -0.25) is 4.98 Å². The first-order valence-corrected chi connectivity index (χ1v) is 9.90. The SMILES string of the molecule is N[C@@H](CNc1ccc(-c2cccc(F)c2)c(-c2ccncc2)n1)Cc1ccccc1. The van der Waals surface area contributed by atoms with Crippen molar-refractivity contribution in [3.63, 3.8) is 0 Å². The van der Waals surface area contributed by atoms with Crippen LogP contribution < -0.4 is 11.1 Å². The summed E-state index contributed by atoms with van der Waals surface area (Å²) < 4.78 is 13.8. The van der Waals surface area contributed by atoms with Crippen molar-refractivity contribution in [3.8, 4) is 22.4 Å². The van der Waals surface area contributed by atoms with Crippen molar-refractivity contribution in [1.82, 2.24) is 9.97 Å². The molecule has 3 N–H and O–H groups in total. The number of nitrogens with two attached hydrogens (primary N) is 1. The number of pyridine rings is 2. The maximum atomic E-state index is 13.8. The molecule has 0 aliphatic carbocycles. The third-order valence-electron chi connectivity index (χ3n) is 4.87. The molecule has 30 heavy (non-hydrogen) atoms. The molecule has 0 saturated carbocycles. The molecule has 0 fully saturated rings. The van der Waals surface area contributed by atoms with Crippen molar-refractivity contribution < 1.29 is 4.39 Å². The Morgan fingerprint density at radius 1 is 0.867 bits per heavy atom. The number of anilines is 1. The van der Waals surface area contributed by atoms with Gasteiger partial charge in [0.05, 0.1) is 5.69 Å². The normalized spacial score (nSPS) is 11.8. The summed E-state index contributed by atoms with van der Waals surface area (Å²) in [5.41, 5.74) is 10.8. The Morgan fingerprint density at radius 3 is 2.43 bits per heavy atom. The van der Waals surface area contributed by atoms with Crippen LogP contribution >= 0.6 is 0 Å². The molecule has 2 heterocycles. The predicted octanol–water partition coefficient (Wildman–Crippen LogP) is 4.93. The molecule has 4 rings (SSSR count). The number of nitrogens with one attached hydrogen (secondary N) is 1. The number of nitrogens with zero attached hydrogens (tertiary/aromatic N) is 2. The van der Waals surface area contributed by atoms with E-state index in [1.165, 1.54) is 17.7 Å². The molecule has 0 aliphatic rings. The number of aromatic nitrogens is 2. The lowest BCUT2D eigenvalue weighted by molar-refractivity contribution is 0.628. The molecular weight excluding hydrogens is 375 g/mol. The van der Waals surface area contributed by atoms with E-state index in [1.807, 2.05) is 48.5 Å². The Bertz CT molecular complexity index is 1100. The van der Waals surface area contributed by atoms with Crippen LogP contribution in [-0.2, 0) is 6.42 Å². The predicted molar refractivity (Wildman–Crippen MR) is 119 cm³/mol. The molecule has 0 saturated heterocycles. The van der Waals surface area contributed by atoms with Gasteiger partial charge in [0.2, 0.25) is 0 Å². The first-order chi connectivity index (χ1) is 14.7. The topological polar surface area (TPSA) is 63.8 Å². The van der Waals surface area contributed by atoms with E-state index in [-0.39, 0.29) is 11.9 Å². The third kappa shape index (κ3) is 4.88. The summed E-state index contributed by atoms with van der Waals surface area (Å²) in [5.74, 6) is 0.452. The average Bonchev–Trinajstić information content (AvgIpc) is 2.79. The van der Waals surface area contributed by atoms with Crippen LogP contribution in [0.25, 0.3) is 22.4 Å². The smallest absolute Gasteiger partial charge is 0.126 e. The van der Waals surface area contributed by atoms with Crippen LogP contribution in [0, 0.1) is 5.82 Å². The van der Waals surface area contributed by atoms with Crippen LogP contribution in [-0.4, -0.2) is 22.6 Å². The van der Waals surface area contributed by atoms with E-state index in [1.54, 1.807) is 18.5 Å². The molecule has 0 amide bonds. The van der Waals surface area contributed by atoms with Gasteiger partial charge in [-0.25, -0.2) is 9.37 Å². The second-order valence-corrected chi connectivity index (χ2v) is 7.17. The minimum atomic E-state index is -0.276. The summed E-state index contributed by atoms with van der Waals surface area (Å²) in [6, 6.07) is 24.3. The zero-order chi connectivity index (χ0) is 20.8. The number of benzene rings is 2. The lowest BCUT2D eigenvalue weighted by Crippen LogP contribution is -2.31. The highest BCUT2D eigenvalue weighted by Gasteiger charge is 2.12. The van der Waals surface area contributed by atoms with Crippen molar-refractivity contribution in [3.05, 3.63) is 103 Å². The van der Waals surface area contributed by atoms with Gasteiger partial charge in [-0.2, -0.15) is 0 Å². The average molecular weight is 398 g/mol. The monoisotopic (exact) mass is 398 g/mol. The molecule has 0 spiro atoms. The fourth-order valence-corrected chi connectivity index (χ4v) is 3.40. The van der Waals surface area contributed by atoms with Gasteiger partial charge in [-0.15, -0.1) is 0 Å². The van der Waals surface area contributed by atoms with Crippen molar-refractivity contribution >= 4 is 5.82 Å². The van der Waals surface area contributed by atoms with E-state index in [4.69, 9.17) is 10.7 Å². The first-order valence-electron chi connectivity index (χ1n) is 9.90. The van der Waals surface area contributed by atoms with Crippen LogP contribution in [0.3, 0.4) is 0 Å². The molecular formula is C25H23FN4. The fraction of sp³-hybridized carbons (Fsp3) is 0.120. The van der Waals surface area contributed by atoms with Gasteiger partial charge >= 0.3 is 0 Å². The van der Waals surface area contributed by atoms with Gasteiger partial charge in [0.15, 0.2) is 0 Å². The second kappa shape index (κ2) is 9.29. The highest BCUT2D eigenvalue weighted by atomic mass is 19.1. The number of hydrogen-bond donors (Lipinski definition) is 2. The quantitative estimate of drug-likeness (QED) is 0.463. The van der Waals surface area contributed by atoms with Gasteiger partial charge in [-0.05, 0) is 53.9 Å². The first kappa shape index (κ1) is 19.7.